The number of rotatable bonds is 6. The first-order valence-corrected chi connectivity index (χ1v) is 9.66. The summed E-state index contributed by atoms with van der Waals surface area (Å²) in [6.07, 6.45) is 0.821. The van der Waals surface area contributed by atoms with Crippen LogP contribution < -0.4 is 15.7 Å². The first-order chi connectivity index (χ1) is 14.7. The average molecular weight is 399 g/mol. The molecule has 0 spiro atoms. The fourth-order valence-electron chi connectivity index (χ4n) is 3.33. The summed E-state index contributed by atoms with van der Waals surface area (Å²) in [5.41, 5.74) is 4.63. The van der Waals surface area contributed by atoms with Crippen molar-refractivity contribution >= 4 is 16.8 Å². The summed E-state index contributed by atoms with van der Waals surface area (Å²) in [7, 11) is 1.56. The highest BCUT2D eigenvalue weighted by atomic mass is 16.5. The molecule has 0 aliphatic heterocycles. The van der Waals surface area contributed by atoms with E-state index in [0.29, 0.717) is 34.5 Å². The van der Waals surface area contributed by atoms with Crippen molar-refractivity contribution in [3.63, 3.8) is 0 Å². The third-order valence-electron chi connectivity index (χ3n) is 4.84. The highest BCUT2D eigenvalue weighted by Gasteiger charge is 2.17. The molecule has 6 nitrogen and oxygen atoms in total. The minimum absolute atomic E-state index is 0.245. The van der Waals surface area contributed by atoms with Crippen LogP contribution >= 0.6 is 0 Å². The summed E-state index contributed by atoms with van der Waals surface area (Å²) in [5.74, 6) is 0.616. The van der Waals surface area contributed by atoms with Crippen molar-refractivity contribution in [2.24, 2.45) is 0 Å². The van der Waals surface area contributed by atoms with Crippen LogP contribution in [0.25, 0.3) is 22.3 Å². The predicted octanol–water partition coefficient (Wildman–Crippen LogP) is 3.78. The minimum Gasteiger partial charge on any atom is -0.496 e. The Labute approximate surface area is 173 Å². The average Bonchev–Trinajstić information content (AvgIpc) is 2.80. The maximum absolute atomic E-state index is 13.2. The van der Waals surface area contributed by atoms with Gasteiger partial charge in [0.05, 0.1) is 23.6 Å². The number of methoxy groups -OCH3 is 1. The Hall–Kier alpha value is -3.93. The molecule has 0 unspecified atom stereocenters. The highest BCUT2D eigenvalue weighted by molar-refractivity contribution is 5.86. The summed E-state index contributed by atoms with van der Waals surface area (Å²) >= 11 is 0. The van der Waals surface area contributed by atoms with Gasteiger partial charge in [-0.2, -0.15) is 4.68 Å². The van der Waals surface area contributed by atoms with Crippen LogP contribution in [0, 0.1) is 0 Å². The number of hydrogen-bond donors (Lipinski definition) is 1. The Morgan fingerprint density at radius 3 is 2.47 bits per heavy atom. The number of nitrogens with zero attached hydrogens (tertiary/aromatic N) is 2. The van der Waals surface area contributed by atoms with Gasteiger partial charge >= 0.3 is 0 Å². The van der Waals surface area contributed by atoms with Gasteiger partial charge in [-0.05, 0) is 36.2 Å². The van der Waals surface area contributed by atoms with Gasteiger partial charge in [-0.3, -0.25) is 15.0 Å². The lowest BCUT2D eigenvalue weighted by molar-refractivity contribution is -0.117. The van der Waals surface area contributed by atoms with Crippen molar-refractivity contribution in [3.05, 3.63) is 94.8 Å². The largest absolute Gasteiger partial charge is 0.496 e. The van der Waals surface area contributed by atoms with E-state index in [9.17, 15) is 9.59 Å². The molecule has 150 valence electrons. The quantitative estimate of drug-likeness (QED) is 0.536. The lowest BCUT2D eigenvalue weighted by atomic mass is 10.1. The second-order valence-corrected chi connectivity index (χ2v) is 6.81. The van der Waals surface area contributed by atoms with Gasteiger partial charge in [0.25, 0.3) is 5.56 Å². The molecule has 1 amide bonds. The Morgan fingerprint density at radius 2 is 1.67 bits per heavy atom. The van der Waals surface area contributed by atoms with Crippen LogP contribution in [-0.4, -0.2) is 22.7 Å². The highest BCUT2D eigenvalue weighted by Crippen LogP contribution is 2.28. The zero-order valence-electron chi connectivity index (χ0n) is 16.5. The summed E-state index contributed by atoms with van der Waals surface area (Å²) in [4.78, 5) is 30.5. The van der Waals surface area contributed by atoms with Crippen LogP contribution in [0.4, 0.5) is 0 Å². The maximum Gasteiger partial charge on any atom is 0.280 e. The Balaban J connectivity index is 1.74. The molecule has 4 rings (SSSR count). The number of nitrogens with one attached hydrogen (secondary N) is 1. The van der Waals surface area contributed by atoms with Gasteiger partial charge in [0.15, 0.2) is 5.82 Å². The summed E-state index contributed by atoms with van der Waals surface area (Å²) in [6.45, 7) is 0. The molecule has 0 saturated heterocycles. The second-order valence-electron chi connectivity index (χ2n) is 6.81. The maximum atomic E-state index is 13.2. The number of hydrogen-bond acceptors (Lipinski definition) is 4. The van der Waals surface area contributed by atoms with Crippen LogP contribution in [0.3, 0.4) is 0 Å². The predicted molar refractivity (Wildman–Crippen MR) is 117 cm³/mol. The van der Waals surface area contributed by atoms with Gasteiger partial charge in [-0.15, -0.1) is 0 Å². The third-order valence-corrected chi connectivity index (χ3v) is 4.84. The molecule has 1 N–H and O–H groups in total. The molecule has 0 radical (unpaired) electrons. The molecule has 0 aliphatic rings. The molecule has 0 bridgehead atoms. The molecule has 0 fully saturated rings. The van der Waals surface area contributed by atoms with Gasteiger partial charge in [-0.1, -0.05) is 54.6 Å². The van der Waals surface area contributed by atoms with Crippen LogP contribution in [0.2, 0.25) is 0 Å². The number of ether oxygens (including phenoxy) is 1. The van der Waals surface area contributed by atoms with Crippen molar-refractivity contribution in [2.75, 3.05) is 12.5 Å². The van der Waals surface area contributed by atoms with Crippen LogP contribution in [0.1, 0.15) is 12.0 Å². The third kappa shape index (κ3) is 3.93. The van der Waals surface area contributed by atoms with Crippen molar-refractivity contribution in [2.45, 2.75) is 12.8 Å². The summed E-state index contributed by atoms with van der Waals surface area (Å²) in [6, 6.07) is 24.1. The van der Waals surface area contributed by atoms with Crippen LogP contribution in [0.5, 0.6) is 5.75 Å². The van der Waals surface area contributed by atoms with E-state index in [-0.39, 0.29) is 17.9 Å². The van der Waals surface area contributed by atoms with E-state index in [1.54, 1.807) is 31.4 Å². The SMILES string of the molecule is COc1ccccc1-c1nc2ccccc2c(=O)n1NC(=O)CCc1ccccc1. The van der Waals surface area contributed by atoms with Gasteiger partial charge in [0.1, 0.15) is 5.75 Å². The smallest absolute Gasteiger partial charge is 0.280 e. The topological polar surface area (TPSA) is 73.2 Å². The van der Waals surface area contributed by atoms with Gasteiger partial charge in [0.2, 0.25) is 5.91 Å². The summed E-state index contributed by atoms with van der Waals surface area (Å²) in [5, 5.41) is 0.430. The molecule has 30 heavy (non-hydrogen) atoms. The molecule has 0 atom stereocenters. The van der Waals surface area contributed by atoms with E-state index in [1.807, 2.05) is 54.6 Å². The first-order valence-electron chi connectivity index (χ1n) is 9.66. The molecular weight excluding hydrogens is 378 g/mol. The van der Waals surface area contributed by atoms with Crippen molar-refractivity contribution in [1.82, 2.24) is 9.66 Å². The fraction of sp³-hybridized carbons (Fsp3) is 0.125. The molecule has 4 aromatic rings. The number of fused-ring (bicyclic) bond motifs is 1. The van der Waals surface area contributed by atoms with E-state index in [0.717, 1.165) is 5.56 Å². The lowest BCUT2D eigenvalue weighted by Crippen LogP contribution is -2.35. The van der Waals surface area contributed by atoms with Crippen LogP contribution in [-0.2, 0) is 11.2 Å². The number of aromatic nitrogens is 2. The van der Waals surface area contributed by atoms with Gasteiger partial charge in [-0.25, -0.2) is 4.98 Å². The van der Waals surface area contributed by atoms with Crippen LogP contribution in [0.15, 0.2) is 83.7 Å². The van der Waals surface area contributed by atoms with Crippen molar-refractivity contribution < 1.29 is 9.53 Å². The number of benzene rings is 3. The van der Waals surface area contributed by atoms with Gasteiger partial charge < -0.3 is 4.74 Å². The Kier molecular flexibility index (Phi) is 5.57. The molecule has 1 heterocycles. The van der Waals surface area contributed by atoms with E-state index >= 15 is 0 Å². The molecule has 0 aliphatic carbocycles. The van der Waals surface area contributed by atoms with Gasteiger partial charge in [0, 0.05) is 6.42 Å². The number of amides is 1. The standard InChI is InChI=1S/C24H21N3O3/c1-30-21-14-8-6-12-19(21)23-25-20-13-7-5-11-18(20)24(29)27(23)26-22(28)16-15-17-9-3-2-4-10-17/h2-14H,15-16H2,1H3,(H,26,28). The molecule has 6 heteroatoms. The number of carbonyl (C=O) groups excluding carboxylic acids is 1. The van der Waals surface area contributed by atoms with Crippen molar-refractivity contribution in [1.29, 1.82) is 0 Å². The van der Waals surface area contributed by atoms with E-state index in [1.165, 1.54) is 4.68 Å². The van der Waals surface area contributed by atoms with E-state index in [2.05, 4.69) is 10.4 Å². The first kappa shape index (κ1) is 19.4. The molecule has 3 aromatic carbocycles. The Bertz CT molecular complexity index is 1250. The second kappa shape index (κ2) is 8.61. The lowest BCUT2D eigenvalue weighted by Gasteiger charge is -2.16. The zero-order valence-corrected chi connectivity index (χ0v) is 16.5. The normalized spacial score (nSPS) is 10.7. The fourth-order valence-corrected chi connectivity index (χ4v) is 3.33. The monoisotopic (exact) mass is 399 g/mol. The zero-order chi connectivity index (χ0) is 20.9. The minimum atomic E-state index is -0.338. The van der Waals surface area contributed by atoms with E-state index < -0.39 is 0 Å². The number of para-hydroxylation sites is 2. The molecule has 0 saturated carbocycles. The molecule has 1 aromatic heterocycles. The Morgan fingerprint density at radius 1 is 0.967 bits per heavy atom. The van der Waals surface area contributed by atoms with E-state index in [4.69, 9.17) is 4.74 Å². The summed E-state index contributed by atoms with van der Waals surface area (Å²) < 4.78 is 6.66. The van der Waals surface area contributed by atoms with Crippen molar-refractivity contribution in [3.8, 4) is 17.1 Å². The molecular formula is C24H21N3O3. The number of aryl methyl sites for hydroxylation is 1. The number of carbonyl (C=O) groups is 1.